The van der Waals surface area contributed by atoms with Crippen LogP contribution in [0.5, 0.6) is 0 Å². The molecule has 1 spiro atoms. The van der Waals surface area contributed by atoms with Crippen molar-refractivity contribution in [3.05, 3.63) is 0 Å². The van der Waals surface area contributed by atoms with Crippen molar-refractivity contribution in [2.75, 3.05) is 26.2 Å². The van der Waals surface area contributed by atoms with Crippen LogP contribution in [0.1, 0.15) is 58.8 Å². The minimum Gasteiger partial charge on any atom is -0.368 e. The first-order valence-corrected chi connectivity index (χ1v) is 8.27. The number of hydrogen-bond acceptors (Lipinski definition) is 3. The number of carbonyl (C=O) groups is 1. The topological polar surface area (TPSA) is 58.4 Å². The van der Waals surface area contributed by atoms with Crippen molar-refractivity contribution in [1.82, 2.24) is 10.2 Å². The molecule has 2 aliphatic rings. The fraction of sp³-hybridized carbons (Fsp3) is 0.938. The van der Waals surface area contributed by atoms with Crippen LogP contribution in [0.25, 0.3) is 0 Å². The first-order valence-electron chi connectivity index (χ1n) is 8.27. The number of nitrogens with zero attached hydrogens (tertiary/aromatic N) is 1. The predicted molar refractivity (Wildman–Crippen MR) is 82.5 cm³/mol. The highest BCUT2D eigenvalue weighted by atomic mass is 16.1. The molecular formula is C16H31N3O. The summed E-state index contributed by atoms with van der Waals surface area (Å²) in [7, 11) is 0. The van der Waals surface area contributed by atoms with Crippen LogP contribution in [0.3, 0.4) is 0 Å². The molecule has 0 bridgehead atoms. The van der Waals surface area contributed by atoms with E-state index in [0.29, 0.717) is 5.41 Å². The van der Waals surface area contributed by atoms with Gasteiger partial charge in [0.25, 0.3) is 0 Å². The molecule has 0 aromatic carbocycles. The molecule has 20 heavy (non-hydrogen) atoms. The van der Waals surface area contributed by atoms with Gasteiger partial charge in [0.05, 0.1) is 0 Å². The highest BCUT2D eigenvalue weighted by molar-refractivity contribution is 5.84. The van der Waals surface area contributed by atoms with Gasteiger partial charge < -0.3 is 16.0 Å². The number of primary amides is 1. The lowest BCUT2D eigenvalue weighted by atomic mass is 9.77. The lowest BCUT2D eigenvalue weighted by molar-refractivity contribution is -0.124. The number of likely N-dealkylation sites (tertiary alicyclic amines) is 1. The monoisotopic (exact) mass is 281 g/mol. The van der Waals surface area contributed by atoms with Gasteiger partial charge in [0.1, 0.15) is 5.54 Å². The Morgan fingerprint density at radius 3 is 2.35 bits per heavy atom. The van der Waals surface area contributed by atoms with Crippen molar-refractivity contribution in [2.45, 2.75) is 64.3 Å². The lowest BCUT2D eigenvalue weighted by Gasteiger charge is -2.42. The fourth-order valence-corrected chi connectivity index (χ4v) is 3.88. The van der Waals surface area contributed by atoms with E-state index in [1.807, 2.05) is 6.92 Å². The molecule has 1 aliphatic heterocycles. The molecular weight excluding hydrogens is 250 g/mol. The van der Waals surface area contributed by atoms with Gasteiger partial charge in [-0.1, -0.05) is 19.8 Å². The van der Waals surface area contributed by atoms with Crippen LogP contribution in [0.2, 0.25) is 0 Å². The highest BCUT2D eigenvalue weighted by Gasteiger charge is 2.39. The average Bonchev–Trinajstić information content (AvgIpc) is 2.88. The van der Waals surface area contributed by atoms with Crippen molar-refractivity contribution in [3.63, 3.8) is 0 Å². The Balaban J connectivity index is 1.87. The third kappa shape index (κ3) is 3.53. The molecule has 1 unspecified atom stereocenters. The van der Waals surface area contributed by atoms with Gasteiger partial charge in [0.2, 0.25) is 5.91 Å². The standard InChI is InChI=1S/C16H31N3O/c1-3-10-18-15(2,14(17)20)13-19-11-8-16(9-12-19)6-4-5-7-16/h18H,3-13H2,1-2H3,(H2,17,20). The molecule has 0 aromatic rings. The summed E-state index contributed by atoms with van der Waals surface area (Å²) in [5.41, 5.74) is 5.66. The Hall–Kier alpha value is -0.610. The molecule has 116 valence electrons. The minimum atomic E-state index is -0.587. The number of carbonyl (C=O) groups excluding carboxylic acids is 1. The van der Waals surface area contributed by atoms with Crippen molar-refractivity contribution in [1.29, 1.82) is 0 Å². The zero-order chi connectivity index (χ0) is 14.6. The number of amides is 1. The Labute approximate surface area is 123 Å². The summed E-state index contributed by atoms with van der Waals surface area (Å²) < 4.78 is 0. The smallest absolute Gasteiger partial charge is 0.238 e. The van der Waals surface area contributed by atoms with E-state index in [1.54, 1.807) is 0 Å². The fourth-order valence-electron chi connectivity index (χ4n) is 3.88. The van der Waals surface area contributed by atoms with Gasteiger partial charge in [-0.05, 0) is 64.1 Å². The Morgan fingerprint density at radius 2 is 1.85 bits per heavy atom. The first-order chi connectivity index (χ1) is 9.50. The van der Waals surface area contributed by atoms with Crippen LogP contribution in [0, 0.1) is 5.41 Å². The summed E-state index contributed by atoms with van der Waals surface area (Å²) in [5.74, 6) is -0.230. The number of nitrogens with one attached hydrogen (secondary N) is 1. The molecule has 2 rings (SSSR count). The van der Waals surface area contributed by atoms with E-state index in [0.717, 1.165) is 32.6 Å². The summed E-state index contributed by atoms with van der Waals surface area (Å²) in [5, 5.41) is 3.34. The second kappa shape index (κ2) is 6.44. The van der Waals surface area contributed by atoms with Gasteiger partial charge in [-0.25, -0.2) is 0 Å². The Kier molecular flexibility index (Phi) is 5.08. The third-order valence-corrected chi connectivity index (χ3v) is 5.43. The van der Waals surface area contributed by atoms with Gasteiger partial charge in [0, 0.05) is 6.54 Å². The largest absolute Gasteiger partial charge is 0.368 e. The summed E-state index contributed by atoms with van der Waals surface area (Å²) >= 11 is 0. The van der Waals surface area contributed by atoms with Crippen molar-refractivity contribution in [2.24, 2.45) is 11.1 Å². The molecule has 4 nitrogen and oxygen atoms in total. The van der Waals surface area contributed by atoms with Crippen molar-refractivity contribution < 1.29 is 4.79 Å². The molecule has 1 saturated carbocycles. The van der Waals surface area contributed by atoms with Gasteiger partial charge >= 0.3 is 0 Å². The van der Waals surface area contributed by atoms with E-state index >= 15 is 0 Å². The quantitative estimate of drug-likeness (QED) is 0.781. The van der Waals surface area contributed by atoms with E-state index in [-0.39, 0.29) is 5.91 Å². The normalized spacial score (nSPS) is 25.7. The molecule has 1 aliphatic carbocycles. The second-order valence-electron chi connectivity index (χ2n) is 7.11. The zero-order valence-electron chi connectivity index (χ0n) is 13.2. The highest BCUT2D eigenvalue weighted by Crippen LogP contribution is 2.46. The molecule has 1 saturated heterocycles. The number of rotatable bonds is 6. The molecule has 1 atom stereocenters. The number of hydrogen-bond donors (Lipinski definition) is 2. The molecule has 0 radical (unpaired) electrons. The zero-order valence-corrected chi connectivity index (χ0v) is 13.2. The van der Waals surface area contributed by atoms with Gasteiger partial charge in [-0.2, -0.15) is 0 Å². The molecule has 1 heterocycles. The number of nitrogens with two attached hydrogens (primary N) is 1. The maximum Gasteiger partial charge on any atom is 0.238 e. The molecule has 2 fully saturated rings. The molecule has 1 amide bonds. The lowest BCUT2D eigenvalue weighted by Crippen LogP contribution is -2.60. The minimum absolute atomic E-state index is 0.230. The van der Waals surface area contributed by atoms with E-state index in [9.17, 15) is 4.79 Å². The van der Waals surface area contributed by atoms with Crippen LogP contribution in [-0.4, -0.2) is 42.5 Å². The van der Waals surface area contributed by atoms with Crippen molar-refractivity contribution >= 4 is 5.91 Å². The summed E-state index contributed by atoms with van der Waals surface area (Å²) in [6, 6.07) is 0. The van der Waals surface area contributed by atoms with Crippen LogP contribution in [0.4, 0.5) is 0 Å². The van der Waals surface area contributed by atoms with E-state index in [1.165, 1.54) is 38.5 Å². The number of piperidine rings is 1. The predicted octanol–water partition coefficient (Wildman–Crippen LogP) is 1.89. The third-order valence-electron chi connectivity index (χ3n) is 5.43. The van der Waals surface area contributed by atoms with Crippen LogP contribution >= 0.6 is 0 Å². The summed E-state index contributed by atoms with van der Waals surface area (Å²) in [4.78, 5) is 14.2. The van der Waals surface area contributed by atoms with E-state index < -0.39 is 5.54 Å². The van der Waals surface area contributed by atoms with Gasteiger partial charge in [-0.15, -0.1) is 0 Å². The molecule has 3 N–H and O–H groups in total. The van der Waals surface area contributed by atoms with Gasteiger partial charge in [-0.3, -0.25) is 4.79 Å². The maximum atomic E-state index is 11.8. The Morgan fingerprint density at radius 1 is 1.25 bits per heavy atom. The first kappa shape index (κ1) is 15.8. The van der Waals surface area contributed by atoms with Crippen molar-refractivity contribution in [3.8, 4) is 0 Å². The second-order valence-corrected chi connectivity index (χ2v) is 7.11. The Bertz CT molecular complexity index is 329. The summed E-state index contributed by atoms with van der Waals surface area (Å²) in [6.07, 6.45) is 9.29. The van der Waals surface area contributed by atoms with Crippen LogP contribution < -0.4 is 11.1 Å². The molecule has 0 aromatic heterocycles. The average molecular weight is 281 g/mol. The van der Waals surface area contributed by atoms with E-state index in [2.05, 4.69) is 17.1 Å². The van der Waals surface area contributed by atoms with Crippen LogP contribution in [0.15, 0.2) is 0 Å². The SMILES string of the molecule is CCCNC(C)(CN1CCC2(CCCC2)CC1)C(N)=O. The van der Waals surface area contributed by atoms with Gasteiger partial charge in [0.15, 0.2) is 0 Å². The van der Waals surface area contributed by atoms with E-state index in [4.69, 9.17) is 5.73 Å². The van der Waals surface area contributed by atoms with Crippen LogP contribution in [-0.2, 0) is 4.79 Å². The molecule has 4 heteroatoms. The summed E-state index contributed by atoms with van der Waals surface area (Å²) in [6.45, 7) is 7.90. The maximum absolute atomic E-state index is 11.8.